The average molecular weight is 1120 g/mol. The van der Waals surface area contributed by atoms with Gasteiger partial charge in [0.1, 0.15) is 36.3 Å². The van der Waals surface area contributed by atoms with E-state index < -0.39 is 108 Å². The summed E-state index contributed by atoms with van der Waals surface area (Å²) in [6.07, 6.45) is 5.87. The van der Waals surface area contributed by atoms with Crippen LogP contribution in [0, 0.1) is 11.8 Å². The smallest absolute Gasteiger partial charge is 0.332 e. The third-order valence-corrected chi connectivity index (χ3v) is 16.0. The molecule has 2 saturated heterocycles. The molecule has 0 aliphatic carbocycles. The summed E-state index contributed by atoms with van der Waals surface area (Å²) in [6, 6.07) is 5.78. The van der Waals surface area contributed by atoms with Gasteiger partial charge in [-0.3, -0.25) is 49.2 Å². The maximum atomic E-state index is 14.7. The van der Waals surface area contributed by atoms with Crippen molar-refractivity contribution in [3.63, 3.8) is 0 Å². The first kappa shape index (κ1) is 59.8. The number of unbranched alkanes of at least 4 members (excludes halogenated alkanes) is 1. The quantitative estimate of drug-likeness (QED) is 0.0215. The Bertz CT molecular complexity index is 2770. The number of urea groups is 1. The number of nitrogens with zero attached hydrogens (tertiary/aromatic N) is 3. The van der Waals surface area contributed by atoms with Gasteiger partial charge in [0.2, 0.25) is 35.4 Å². The summed E-state index contributed by atoms with van der Waals surface area (Å²) in [5.74, 6) is -7.38. The number of fused-ring (bicyclic) bond motifs is 1. The number of aliphatic imine (C=N–C) groups is 1. The van der Waals surface area contributed by atoms with Gasteiger partial charge in [-0.05, 0) is 49.3 Å². The van der Waals surface area contributed by atoms with E-state index in [4.69, 9.17) is 11.5 Å². The molecule has 6 rings (SSSR count). The number of nitrogens with one attached hydrogen (secondary N) is 9. The van der Waals surface area contributed by atoms with E-state index >= 15 is 0 Å². The Balaban J connectivity index is 1.41. The number of nitrogens with two attached hydrogens (primary N) is 2. The zero-order valence-corrected chi connectivity index (χ0v) is 45.8. The van der Waals surface area contributed by atoms with Crippen molar-refractivity contribution in [1.82, 2.24) is 57.1 Å². The van der Waals surface area contributed by atoms with Crippen molar-refractivity contribution >= 4 is 91.7 Å². The van der Waals surface area contributed by atoms with Crippen molar-refractivity contribution in [2.45, 2.75) is 127 Å². The van der Waals surface area contributed by atoms with Crippen LogP contribution in [-0.2, 0) is 57.6 Å². The first-order valence-electron chi connectivity index (χ1n) is 26.0. The van der Waals surface area contributed by atoms with Gasteiger partial charge in [-0.2, -0.15) is 0 Å². The largest absolute Gasteiger partial charge is 0.370 e. The number of H-pyrrole nitrogens is 2. The maximum absolute atomic E-state index is 14.7. The fraction of sp³-hybridized carbons (Fsp3) is 0.481. The van der Waals surface area contributed by atoms with E-state index in [0.29, 0.717) is 29.7 Å². The molecule has 2 aromatic carbocycles. The number of aromatic amines is 2. The Kier molecular flexibility index (Phi) is 22.1. The molecule has 26 heteroatoms. The van der Waals surface area contributed by atoms with Crippen LogP contribution in [0.3, 0.4) is 0 Å². The number of carbonyl (C=O) groups is 9. The van der Waals surface area contributed by atoms with Crippen LogP contribution in [0.4, 0.5) is 4.79 Å². The van der Waals surface area contributed by atoms with Crippen LogP contribution in [0.1, 0.15) is 76.6 Å². The van der Waals surface area contributed by atoms with Crippen LogP contribution in [-0.4, -0.2) is 145 Å². The number of imide groups is 1. The van der Waals surface area contributed by atoms with Gasteiger partial charge in [0.05, 0.1) is 18.3 Å². The normalized spacial score (nSPS) is 24.1. The second-order valence-electron chi connectivity index (χ2n) is 19.8. The molecule has 0 bridgehead atoms. The molecule has 9 unspecified atom stereocenters. The summed E-state index contributed by atoms with van der Waals surface area (Å²) in [5.41, 5.74) is 17.3. The number of rotatable bonds is 17. The highest BCUT2D eigenvalue weighted by Crippen LogP contribution is 2.32. The molecule has 2 aliphatic rings. The van der Waals surface area contributed by atoms with E-state index in [2.05, 4.69) is 62.9 Å². The fourth-order valence-electron chi connectivity index (χ4n) is 9.18. The number of hydrogen-bond acceptors (Lipinski definition) is 13. The summed E-state index contributed by atoms with van der Waals surface area (Å²) in [5, 5.41) is 20.2. The van der Waals surface area contributed by atoms with E-state index in [0.717, 1.165) is 37.4 Å². The minimum Gasteiger partial charge on any atom is -0.370 e. The van der Waals surface area contributed by atoms with Crippen molar-refractivity contribution in [1.29, 1.82) is 0 Å². The molecule has 78 heavy (non-hydrogen) atoms. The van der Waals surface area contributed by atoms with E-state index in [-0.39, 0.29) is 68.5 Å². The maximum Gasteiger partial charge on any atom is 0.332 e. The Morgan fingerprint density at radius 1 is 0.744 bits per heavy atom. The molecule has 420 valence electrons. The molecule has 16 N–H and O–H groups in total. The molecule has 2 aromatic heterocycles. The number of amides is 10. The summed E-state index contributed by atoms with van der Waals surface area (Å²) in [7, 11) is 2.28. The van der Waals surface area contributed by atoms with Crippen LogP contribution in [0.15, 0.2) is 78.3 Å². The van der Waals surface area contributed by atoms with Crippen LogP contribution in [0.25, 0.3) is 10.9 Å². The highest BCUT2D eigenvalue weighted by molar-refractivity contribution is 8.76. The number of carbonyl (C=O) groups excluding carboxylic acids is 9. The third kappa shape index (κ3) is 16.5. The van der Waals surface area contributed by atoms with Crippen molar-refractivity contribution in [2.75, 3.05) is 18.1 Å². The SMILES string of the molecule is CCCCC(C1CSSCC(C([NH3+])=O)NC(=O)C(Cc2c[nH]c3ccccc23)NC(=O)C(CCCN=C(N)N)NC(=O)C(Cc2ccccc2)NC(=O)C(Cc2cnc[nH]2)NC(=O)C(C)NC1=O)N1C(=O)NC(C(C)C)C1=O. The topological polar surface area (TPSA) is 378 Å². The molecule has 9 atom stereocenters. The number of imidazole rings is 1. The first-order chi connectivity index (χ1) is 37.3. The monoisotopic (exact) mass is 1110 g/mol. The Hall–Kier alpha value is -7.45. The van der Waals surface area contributed by atoms with Crippen LogP contribution in [0.2, 0.25) is 0 Å². The van der Waals surface area contributed by atoms with Crippen molar-refractivity contribution in [2.24, 2.45) is 28.3 Å². The molecular weight excluding hydrogens is 1040 g/mol. The minimum atomic E-state index is -1.37. The number of benzene rings is 2. The Morgan fingerprint density at radius 3 is 2.03 bits per heavy atom. The number of para-hydroxylation sites is 1. The van der Waals surface area contributed by atoms with Crippen LogP contribution >= 0.6 is 21.6 Å². The van der Waals surface area contributed by atoms with Gasteiger partial charge in [0.25, 0.3) is 5.91 Å². The molecule has 0 spiro atoms. The fourth-order valence-corrected chi connectivity index (χ4v) is 11.7. The zero-order valence-electron chi connectivity index (χ0n) is 44.2. The van der Waals surface area contributed by atoms with Gasteiger partial charge in [0, 0.05) is 66.3 Å². The highest BCUT2D eigenvalue weighted by atomic mass is 33.1. The Labute approximate surface area is 459 Å². The van der Waals surface area contributed by atoms with Crippen molar-refractivity contribution in [3.8, 4) is 0 Å². The van der Waals surface area contributed by atoms with Crippen molar-refractivity contribution < 1.29 is 48.9 Å². The number of hydrogen-bond donors (Lipinski definition) is 12. The van der Waals surface area contributed by atoms with Gasteiger partial charge in [-0.25, -0.2) is 14.6 Å². The number of aromatic nitrogens is 3. The third-order valence-electron chi connectivity index (χ3n) is 13.5. The molecule has 2 aliphatic heterocycles. The highest BCUT2D eigenvalue weighted by Gasteiger charge is 2.47. The average Bonchev–Trinajstić information content (AvgIpc) is 4.20. The second-order valence-corrected chi connectivity index (χ2v) is 22.3. The zero-order chi connectivity index (χ0) is 56.5. The minimum absolute atomic E-state index is 0.0346. The summed E-state index contributed by atoms with van der Waals surface area (Å²) < 4.78 is 0. The second kappa shape index (κ2) is 28.8. The van der Waals surface area contributed by atoms with Gasteiger partial charge in [-0.15, -0.1) is 0 Å². The summed E-state index contributed by atoms with van der Waals surface area (Å²) >= 11 is 0. The molecule has 0 radical (unpaired) electrons. The molecule has 24 nitrogen and oxygen atoms in total. The molecule has 4 heterocycles. The molecule has 4 aromatic rings. The van der Waals surface area contributed by atoms with Gasteiger partial charge < -0.3 is 58.7 Å². The number of guanidine groups is 1. The molecule has 0 saturated carbocycles. The van der Waals surface area contributed by atoms with Crippen LogP contribution in [0.5, 0.6) is 0 Å². The standard InChI is InChI=1S/C52H71N15O9S2/c1-5-6-18-41(67-50(75)42(28(2)3)66-52(67)76)34-25-77-78-26-40(43(53)68)65-48(73)38(21-31-23-58-35-16-11-10-15-33(31)35)64-46(71)36(17-12-19-57-51(54)55)61-47(72)37(20-30-13-8-7-9-14-30)63-49(74)39(22-32-24-56-27-59-32)62-44(69)29(4)60-45(34)70/h7-11,13-16,23-24,27-29,34,36-42,58H,5-6,12,17-22,25-26H2,1-4H3,(H2,53,68)(H,56,59)(H,60,70)(H,61,72)(H,62,69)(H,63,74)(H,64,71)(H,65,73)(H,66,76)(H4,54,55,57)/p+1. The van der Waals surface area contributed by atoms with Crippen molar-refractivity contribution in [3.05, 3.63) is 90.1 Å². The van der Waals surface area contributed by atoms with Gasteiger partial charge >= 0.3 is 11.9 Å². The lowest BCUT2D eigenvalue weighted by Gasteiger charge is -2.33. The van der Waals surface area contributed by atoms with E-state index in [1.165, 1.54) is 19.4 Å². The predicted octanol–water partition coefficient (Wildman–Crippen LogP) is -0.184. The van der Waals surface area contributed by atoms with Crippen LogP contribution < -0.4 is 54.4 Å². The lowest BCUT2D eigenvalue weighted by atomic mass is 9.93. The lowest BCUT2D eigenvalue weighted by Crippen LogP contribution is -2.68. The summed E-state index contributed by atoms with van der Waals surface area (Å²) in [4.78, 5) is 144. The molecule has 2 fully saturated rings. The molecule has 10 amide bonds. The summed E-state index contributed by atoms with van der Waals surface area (Å²) in [6.45, 7) is 7.02. The lowest BCUT2D eigenvalue weighted by molar-refractivity contribution is -0.307. The first-order valence-corrected chi connectivity index (χ1v) is 28.5. The van der Waals surface area contributed by atoms with Gasteiger partial charge in [-0.1, -0.05) is 104 Å². The van der Waals surface area contributed by atoms with E-state index in [9.17, 15) is 43.2 Å². The van der Waals surface area contributed by atoms with Gasteiger partial charge in [0.15, 0.2) is 12.0 Å². The number of quaternary nitrogens is 1. The Morgan fingerprint density at radius 2 is 1.37 bits per heavy atom. The van der Waals surface area contributed by atoms with E-state index in [1.807, 2.05) is 31.2 Å². The predicted molar refractivity (Wildman–Crippen MR) is 295 cm³/mol. The van der Waals surface area contributed by atoms with E-state index in [1.54, 1.807) is 50.4 Å². The molecular formula is C52H72N15O9S2+.